The summed E-state index contributed by atoms with van der Waals surface area (Å²) in [5.74, 6) is 0. The Kier molecular flexibility index (Phi) is 5.38. The van der Waals surface area contributed by atoms with E-state index in [2.05, 4.69) is 15.9 Å². The van der Waals surface area contributed by atoms with Crippen LogP contribution in [-0.4, -0.2) is 39.5 Å². The van der Waals surface area contributed by atoms with E-state index in [1.807, 2.05) is 0 Å². The van der Waals surface area contributed by atoms with E-state index >= 15 is 0 Å². The average Bonchev–Trinajstić information content (AvgIpc) is 1.87. The van der Waals surface area contributed by atoms with Crippen LogP contribution in [0.15, 0.2) is 0 Å². The largest absolute Gasteiger partial charge is 0.396 e. The van der Waals surface area contributed by atoms with Gasteiger partial charge >= 0.3 is 0 Å². The summed E-state index contributed by atoms with van der Waals surface area (Å²) < 4.78 is 0. The lowest BCUT2D eigenvalue weighted by Crippen LogP contribution is -2.24. The van der Waals surface area contributed by atoms with Crippen LogP contribution in [0.3, 0.4) is 0 Å². The van der Waals surface area contributed by atoms with Crippen LogP contribution in [0.1, 0.15) is 6.42 Å². The Hall–Kier alpha value is 0.360. The van der Waals surface area contributed by atoms with Gasteiger partial charge in [-0.25, -0.2) is 0 Å². The molecule has 2 atom stereocenters. The lowest BCUT2D eigenvalue weighted by Gasteiger charge is -2.12. The van der Waals surface area contributed by atoms with Crippen molar-refractivity contribution in [2.45, 2.75) is 17.4 Å². The van der Waals surface area contributed by atoms with Gasteiger partial charge in [0, 0.05) is 6.61 Å². The Balaban J connectivity index is 3.32. The molecular weight excluding hydrogens is 188 g/mol. The van der Waals surface area contributed by atoms with Crippen molar-refractivity contribution in [3.05, 3.63) is 0 Å². The summed E-state index contributed by atoms with van der Waals surface area (Å²) in [4.78, 5) is -0.315. The van der Waals surface area contributed by atoms with E-state index in [9.17, 15) is 0 Å². The van der Waals surface area contributed by atoms with Crippen LogP contribution >= 0.6 is 15.9 Å². The lowest BCUT2D eigenvalue weighted by molar-refractivity contribution is 0.112. The van der Waals surface area contributed by atoms with E-state index in [0.29, 0.717) is 6.42 Å². The van der Waals surface area contributed by atoms with Crippen molar-refractivity contribution in [2.75, 3.05) is 13.2 Å². The molecule has 9 heavy (non-hydrogen) atoms. The van der Waals surface area contributed by atoms with Crippen molar-refractivity contribution in [1.82, 2.24) is 0 Å². The van der Waals surface area contributed by atoms with Crippen molar-refractivity contribution in [2.24, 2.45) is 0 Å². The first-order chi connectivity index (χ1) is 4.22. The minimum absolute atomic E-state index is 0.0523. The summed E-state index contributed by atoms with van der Waals surface area (Å²) in [6.45, 7) is -0.162. The normalized spacial score (nSPS) is 17.3. The SMILES string of the molecule is OCCC(O)C(Br)CO. The van der Waals surface area contributed by atoms with Gasteiger partial charge in [0.25, 0.3) is 0 Å². The monoisotopic (exact) mass is 198 g/mol. The smallest absolute Gasteiger partial charge is 0.0709 e. The predicted octanol–water partition coefficient (Wildman–Crippen LogP) is -0.515. The highest BCUT2D eigenvalue weighted by Gasteiger charge is 2.12. The Labute approximate surface area is 62.4 Å². The molecule has 0 fully saturated rings. The summed E-state index contributed by atoms with van der Waals surface area (Å²) in [7, 11) is 0. The topological polar surface area (TPSA) is 60.7 Å². The molecule has 3 nitrogen and oxygen atoms in total. The molecule has 0 aromatic heterocycles. The van der Waals surface area contributed by atoms with E-state index in [-0.39, 0.29) is 18.0 Å². The summed E-state index contributed by atoms with van der Waals surface area (Å²) in [5.41, 5.74) is 0. The zero-order valence-corrected chi connectivity index (χ0v) is 6.58. The number of halogens is 1. The summed E-state index contributed by atoms with van der Waals surface area (Å²) >= 11 is 3.03. The zero-order chi connectivity index (χ0) is 7.28. The highest BCUT2D eigenvalue weighted by molar-refractivity contribution is 9.09. The van der Waals surface area contributed by atoms with Crippen molar-refractivity contribution in [3.8, 4) is 0 Å². The predicted molar refractivity (Wildman–Crippen MR) is 37.5 cm³/mol. The third-order valence-electron chi connectivity index (χ3n) is 1.02. The first-order valence-electron chi connectivity index (χ1n) is 2.76. The second-order valence-electron chi connectivity index (χ2n) is 1.78. The number of alkyl halides is 1. The molecule has 0 aliphatic rings. The number of hydrogen-bond acceptors (Lipinski definition) is 3. The van der Waals surface area contributed by atoms with Crippen LogP contribution in [-0.2, 0) is 0 Å². The Bertz CT molecular complexity index is 69.2. The Morgan fingerprint density at radius 2 is 1.89 bits per heavy atom. The third-order valence-corrected chi connectivity index (χ3v) is 1.92. The minimum Gasteiger partial charge on any atom is -0.396 e. The number of rotatable bonds is 4. The van der Waals surface area contributed by atoms with Gasteiger partial charge in [0.1, 0.15) is 0 Å². The van der Waals surface area contributed by atoms with Crippen LogP contribution in [0.4, 0.5) is 0 Å². The molecular formula is C5H11BrO3. The maximum atomic E-state index is 8.95. The molecule has 0 aromatic rings. The zero-order valence-electron chi connectivity index (χ0n) is 5.00. The fourth-order valence-corrected chi connectivity index (χ4v) is 0.699. The maximum absolute atomic E-state index is 8.95. The van der Waals surface area contributed by atoms with Crippen molar-refractivity contribution in [3.63, 3.8) is 0 Å². The Morgan fingerprint density at radius 1 is 1.33 bits per heavy atom. The van der Waals surface area contributed by atoms with Crippen LogP contribution in [0.25, 0.3) is 0 Å². The highest BCUT2D eigenvalue weighted by atomic mass is 79.9. The van der Waals surface area contributed by atoms with Crippen molar-refractivity contribution < 1.29 is 15.3 Å². The van der Waals surface area contributed by atoms with Crippen molar-refractivity contribution >= 4 is 15.9 Å². The highest BCUT2D eigenvalue weighted by Crippen LogP contribution is 2.06. The van der Waals surface area contributed by atoms with Crippen LogP contribution < -0.4 is 0 Å². The molecule has 0 heterocycles. The van der Waals surface area contributed by atoms with Gasteiger partial charge in [-0.2, -0.15) is 0 Å². The fourth-order valence-electron chi connectivity index (χ4n) is 0.435. The molecule has 0 aliphatic carbocycles. The second kappa shape index (κ2) is 5.17. The third kappa shape index (κ3) is 3.86. The van der Waals surface area contributed by atoms with Gasteiger partial charge in [0.2, 0.25) is 0 Å². The first-order valence-corrected chi connectivity index (χ1v) is 3.67. The first kappa shape index (κ1) is 9.36. The molecule has 4 heteroatoms. The van der Waals surface area contributed by atoms with E-state index in [1.54, 1.807) is 0 Å². The van der Waals surface area contributed by atoms with Gasteiger partial charge in [0.05, 0.1) is 17.5 Å². The van der Waals surface area contributed by atoms with E-state index in [4.69, 9.17) is 15.3 Å². The molecule has 0 radical (unpaired) electrons. The maximum Gasteiger partial charge on any atom is 0.0709 e. The average molecular weight is 199 g/mol. The van der Waals surface area contributed by atoms with Gasteiger partial charge in [-0.15, -0.1) is 0 Å². The molecule has 0 aromatic carbocycles. The van der Waals surface area contributed by atoms with Crippen LogP contribution in [0.2, 0.25) is 0 Å². The fraction of sp³-hybridized carbons (Fsp3) is 1.00. The second-order valence-corrected chi connectivity index (χ2v) is 2.95. The minimum atomic E-state index is -0.653. The lowest BCUT2D eigenvalue weighted by atomic mass is 10.2. The summed E-state index contributed by atoms with van der Waals surface area (Å²) in [6.07, 6.45) is -0.351. The standard InChI is InChI=1S/C5H11BrO3/c6-4(3-8)5(9)1-2-7/h4-5,7-9H,1-3H2. The van der Waals surface area contributed by atoms with Crippen LogP contribution in [0.5, 0.6) is 0 Å². The molecule has 2 unspecified atom stereocenters. The van der Waals surface area contributed by atoms with Gasteiger partial charge in [-0.3, -0.25) is 0 Å². The molecule has 0 bridgehead atoms. The quantitative estimate of drug-likeness (QED) is 0.534. The number of aliphatic hydroxyl groups excluding tert-OH is 3. The van der Waals surface area contributed by atoms with Gasteiger partial charge in [-0.05, 0) is 6.42 Å². The Morgan fingerprint density at radius 3 is 2.22 bits per heavy atom. The summed E-state index contributed by atoms with van der Waals surface area (Å²) in [6, 6.07) is 0. The van der Waals surface area contributed by atoms with Crippen LogP contribution in [0, 0.1) is 0 Å². The number of hydrogen-bond donors (Lipinski definition) is 3. The molecule has 0 spiro atoms. The van der Waals surface area contributed by atoms with Gasteiger partial charge in [0.15, 0.2) is 0 Å². The van der Waals surface area contributed by atoms with Gasteiger partial charge in [-0.1, -0.05) is 15.9 Å². The van der Waals surface area contributed by atoms with E-state index in [0.717, 1.165) is 0 Å². The van der Waals surface area contributed by atoms with E-state index < -0.39 is 6.10 Å². The molecule has 0 aliphatic heterocycles. The molecule has 56 valence electrons. The van der Waals surface area contributed by atoms with Crippen molar-refractivity contribution in [1.29, 1.82) is 0 Å². The molecule has 0 saturated carbocycles. The molecule has 0 amide bonds. The van der Waals surface area contributed by atoms with Gasteiger partial charge < -0.3 is 15.3 Å². The molecule has 0 saturated heterocycles. The van der Waals surface area contributed by atoms with E-state index in [1.165, 1.54) is 0 Å². The molecule has 0 rings (SSSR count). The summed E-state index contributed by atoms with van der Waals surface area (Å²) in [5, 5.41) is 25.7. The number of aliphatic hydroxyl groups is 3. The molecule has 3 N–H and O–H groups in total.